The first-order valence-electron chi connectivity index (χ1n) is 6.35. The van der Waals surface area contributed by atoms with Crippen molar-refractivity contribution in [1.29, 1.82) is 0 Å². The summed E-state index contributed by atoms with van der Waals surface area (Å²) in [6.07, 6.45) is 2.26. The van der Waals surface area contributed by atoms with Crippen LogP contribution in [0.2, 0.25) is 0 Å². The molecule has 0 amide bonds. The van der Waals surface area contributed by atoms with E-state index in [2.05, 4.69) is 0 Å². The molecule has 0 spiro atoms. The summed E-state index contributed by atoms with van der Waals surface area (Å²) >= 11 is 0. The molecule has 0 aliphatic heterocycles. The van der Waals surface area contributed by atoms with Crippen molar-refractivity contribution in [3.05, 3.63) is 47.2 Å². The van der Waals surface area contributed by atoms with Crippen LogP contribution in [-0.4, -0.2) is 14.2 Å². The molecule has 1 aromatic heterocycles. The lowest BCUT2D eigenvalue weighted by atomic mass is 9.98. The van der Waals surface area contributed by atoms with Crippen LogP contribution in [0.4, 0.5) is 4.39 Å². The zero-order valence-corrected chi connectivity index (χ0v) is 11.8. The van der Waals surface area contributed by atoms with Crippen LogP contribution in [0.3, 0.4) is 0 Å². The van der Waals surface area contributed by atoms with Crippen LogP contribution in [0.25, 0.3) is 0 Å². The molecule has 1 aromatic carbocycles. The summed E-state index contributed by atoms with van der Waals surface area (Å²) in [5.74, 6) is 1.11. The lowest BCUT2D eigenvalue weighted by Crippen LogP contribution is -2.15. The molecule has 1 heterocycles. The number of rotatable bonds is 5. The van der Waals surface area contributed by atoms with E-state index in [1.165, 1.54) is 20.3 Å². The van der Waals surface area contributed by atoms with Crippen molar-refractivity contribution in [2.45, 2.75) is 19.4 Å². The number of hydrogen-bond acceptors (Lipinski definition) is 4. The highest BCUT2D eigenvalue weighted by atomic mass is 19.1. The highest BCUT2D eigenvalue weighted by molar-refractivity contribution is 5.47. The first-order chi connectivity index (χ1) is 9.62. The van der Waals surface area contributed by atoms with Crippen molar-refractivity contribution in [2.24, 2.45) is 5.73 Å². The van der Waals surface area contributed by atoms with Crippen molar-refractivity contribution in [3.63, 3.8) is 0 Å². The Morgan fingerprint density at radius 1 is 1.20 bits per heavy atom. The zero-order chi connectivity index (χ0) is 14.7. The van der Waals surface area contributed by atoms with Crippen LogP contribution < -0.4 is 15.2 Å². The van der Waals surface area contributed by atoms with Gasteiger partial charge in [0, 0.05) is 23.6 Å². The minimum absolute atomic E-state index is 0.337. The van der Waals surface area contributed by atoms with Gasteiger partial charge in [0.15, 0.2) is 11.5 Å². The van der Waals surface area contributed by atoms with E-state index in [0.29, 0.717) is 23.5 Å². The Hall–Kier alpha value is -2.01. The molecule has 0 saturated heterocycles. The summed E-state index contributed by atoms with van der Waals surface area (Å²) < 4.78 is 29.8. The second-order valence-corrected chi connectivity index (χ2v) is 4.36. The number of benzene rings is 1. The van der Waals surface area contributed by atoms with Gasteiger partial charge in [-0.3, -0.25) is 0 Å². The molecule has 2 N–H and O–H groups in total. The lowest BCUT2D eigenvalue weighted by molar-refractivity contribution is 0.351. The molecule has 20 heavy (non-hydrogen) atoms. The molecule has 4 nitrogen and oxygen atoms in total. The standard InChI is InChI=1S/C15H18FNO3/c1-4-12-9(5-6-20-12)15(17)10-7-13(18-2)14(19-3)8-11(10)16/h5-8,15H,4,17H2,1-3H3. The highest BCUT2D eigenvalue weighted by Crippen LogP contribution is 2.34. The maximum absolute atomic E-state index is 14.2. The summed E-state index contributed by atoms with van der Waals surface area (Å²) in [4.78, 5) is 0. The van der Waals surface area contributed by atoms with Crippen molar-refractivity contribution in [2.75, 3.05) is 14.2 Å². The Bertz CT molecular complexity index is 595. The molecule has 2 aromatic rings. The Morgan fingerprint density at radius 3 is 2.45 bits per heavy atom. The Morgan fingerprint density at radius 2 is 1.85 bits per heavy atom. The van der Waals surface area contributed by atoms with Gasteiger partial charge in [0.2, 0.25) is 0 Å². The van der Waals surface area contributed by atoms with Gasteiger partial charge in [0.1, 0.15) is 11.6 Å². The smallest absolute Gasteiger partial charge is 0.163 e. The molecule has 0 bridgehead atoms. The predicted octanol–water partition coefficient (Wildman–Crippen LogP) is 3.05. The first kappa shape index (κ1) is 14.4. The summed E-state index contributed by atoms with van der Waals surface area (Å²) in [6.45, 7) is 1.96. The van der Waals surface area contributed by atoms with Gasteiger partial charge in [-0.25, -0.2) is 4.39 Å². The molecule has 0 aliphatic rings. The number of methoxy groups -OCH3 is 2. The maximum atomic E-state index is 14.2. The van der Waals surface area contributed by atoms with Gasteiger partial charge in [-0.2, -0.15) is 0 Å². The van der Waals surface area contributed by atoms with E-state index >= 15 is 0 Å². The van der Waals surface area contributed by atoms with Crippen LogP contribution >= 0.6 is 0 Å². The van der Waals surface area contributed by atoms with Crippen LogP contribution in [0.15, 0.2) is 28.9 Å². The van der Waals surface area contributed by atoms with Gasteiger partial charge in [0.05, 0.1) is 26.5 Å². The van der Waals surface area contributed by atoms with Gasteiger partial charge in [-0.05, 0) is 12.1 Å². The average Bonchev–Trinajstić information content (AvgIpc) is 2.94. The van der Waals surface area contributed by atoms with E-state index in [9.17, 15) is 4.39 Å². The summed E-state index contributed by atoms with van der Waals surface area (Å²) in [5.41, 5.74) is 7.28. The minimum atomic E-state index is -0.608. The second-order valence-electron chi connectivity index (χ2n) is 4.36. The molecule has 1 unspecified atom stereocenters. The third-order valence-electron chi connectivity index (χ3n) is 3.27. The third-order valence-corrected chi connectivity index (χ3v) is 3.27. The SMILES string of the molecule is CCc1occc1C(N)c1cc(OC)c(OC)cc1F. The normalized spacial score (nSPS) is 12.2. The quantitative estimate of drug-likeness (QED) is 0.914. The van der Waals surface area contributed by atoms with E-state index in [-0.39, 0.29) is 0 Å². The van der Waals surface area contributed by atoms with Crippen LogP contribution in [0.1, 0.15) is 29.9 Å². The maximum Gasteiger partial charge on any atom is 0.163 e. The van der Waals surface area contributed by atoms with E-state index in [1.54, 1.807) is 18.4 Å². The molecule has 108 valence electrons. The van der Waals surface area contributed by atoms with Crippen LogP contribution in [0.5, 0.6) is 11.5 Å². The number of aryl methyl sites for hydroxylation is 1. The first-order valence-corrected chi connectivity index (χ1v) is 6.35. The van der Waals surface area contributed by atoms with Crippen LogP contribution in [0, 0.1) is 5.82 Å². The largest absolute Gasteiger partial charge is 0.493 e. The Labute approximate surface area is 117 Å². The monoisotopic (exact) mass is 279 g/mol. The fourth-order valence-electron chi connectivity index (χ4n) is 2.19. The molecule has 2 rings (SSSR count). The van der Waals surface area contributed by atoms with E-state index in [4.69, 9.17) is 19.6 Å². The number of hydrogen-bond donors (Lipinski definition) is 1. The van der Waals surface area contributed by atoms with Gasteiger partial charge in [0.25, 0.3) is 0 Å². The minimum Gasteiger partial charge on any atom is -0.493 e. The summed E-state index contributed by atoms with van der Waals surface area (Å²) in [5, 5.41) is 0. The highest BCUT2D eigenvalue weighted by Gasteiger charge is 2.21. The van der Waals surface area contributed by atoms with Crippen molar-refractivity contribution < 1.29 is 18.3 Å². The number of halogens is 1. The van der Waals surface area contributed by atoms with Crippen LogP contribution in [-0.2, 0) is 6.42 Å². The van der Waals surface area contributed by atoms with Crippen molar-refractivity contribution in [3.8, 4) is 11.5 Å². The number of ether oxygens (including phenoxy) is 2. The lowest BCUT2D eigenvalue weighted by Gasteiger charge is -2.16. The number of furan rings is 1. The summed E-state index contributed by atoms with van der Waals surface area (Å²) in [6, 6.07) is 3.99. The number of nitrogens with two attached hydrogens (primary N) is 1. The predicted molar refractivity (Wildman–Crippen MR) is 73.6 cm³/mol. The molecule has 5 heteroatoms. The topological polar surface area (TPSA) is 57.6 Å². The average molecular weight is 279 g/mol. The van der Waals surface area contributed by atoms with Crippen molar-refractivity contribution in [1.82, 2.24) is 0 Å². The second kappa shape index (κ2) is 5.96. The Kier molecular flexibility index (Phi) is 4.29. The molecule has 0 radical (unpaired) electrons. The summed E-state index contributed by atoms with van der Waals surface area (Å²) in [7, 11) is 2.96. The van der Waals surface area contributed by atoms with E-state index in [1.807, 2.05) is 6.92 Å². The molecule has 0 saturated carbocycles. The molecule has 1 atom stereocenters. The third kappa shape index (κ3) is 2.49. The van der Waals surface area contributed by atoms with Gasteiger partial charge in [-0.1, -0.05) is 6.92 Å². The molecular formula is C15H18FNO3. The van der Waals surface area contributed by atoms with Crippen molar-refractivity contribution >= 4 is 0 Å². The Balaban J connectivity index is 2.46. The van der Waals surface area contributed by atoms with E-state index < -0.39 is 11.9 Å². The zero-order valence-electron chi connectivity index (χ0n) is 11.8. The van der Waals surface area contributed by atoms with Gasteiger partial charge < -0.3 is 19.6 Å². The molecule has 0 fully saturated rings. The molecule has 0 aliphatic carbocycles. The fraction of sp³-hybridized carbons (Fsp3) is 0.333. The molecular weight excluding hydrogens is 261 g/mol. The fourth-order valence-corrected chi connectivity index (χ4v) is 2.19. The van der Waals surface area contributed by atoms with E-state index in [0.717, 1.165) is 11.3 Å². The van der Waals surface area contributed by atoms with Gasteiger partial charge >= 0.3 is 0 Å². The van der Waals surface area contributed by atoms with Gasteiger partial charge in [-0.15, -0.1) is 0 Å².